The Balaban J connectivity index is 1.66. The van der Waals surface area contributed by atoms with E-state index in [9.17, 15) is 14.4 Å². The molecule has 0 spiro atoms. The first-order valence-corrected chi connectivity index (χ1v) is 14.0. The van der Waals surface area contributed by atoms with Gasteiger partial charge < -0.3 is 21.1 Å². The molecule has 1 aliphatic heterocycles. The summed E-state index contributed by atoms with van der Waals surface area (Å²) < 4.78 is 5.45. The molecule has 1 saturated carbocycles. The number of nitrogen functional groups attached to an aromatic ring is 1. The maximum Gasteiger partial charge on any atom is 0.320 e. The van der Waals surface area contributed by atoms with Crippen molar-refractivity contribution >= 4 is 34.4 Å². The van der Waals surface area contributed by atoms with Crippen molar-refractivity contribution in [1.29, 1.82) is 0 Å². The van der Waals surface area contributed by atoms with Crippen LogP contribution in [0.3, 0.4) is 0 Å². The number of carbonyl (C=O) groups is 3. The number of hydrogen-bond acceptors (Lipinski definition) is 7. The zero-order valence-corrected chi connectivity index (χ0v) is 22.4. The molecule has 4 N–H and O–H groups in total. The predicted octanol–water partition coefficient (Wildman–Crippen LogP) is 3.39. The van der Waals surface area contributed by atoms with Crippen LogP contribution in [0.1, 0.15) is 70.3 Å². The number of amides is 2. The lowest BCUT2D eigenvalue weighted by Gasteiger charge is -2.37. The molecule has 1 aliphatic carbocycles. The van der Waals surface area contributed by atoms with Crippen molar-refractivity contribution in [3.63, 3.8) is 0 Å². The Bertz CT molecular complexity index is 1130. The van der Waals surface area contributed by atoms with Gasteiger partial charge in [0, 0.05) is 24.7 Å². The van der Waals surface area contributed by atoms with Gasteiger partial charge in [-0.2, -0.15) is 0 Å². The van der Waals surface area contributed by atoms with Crippen LogP contribution in [0.25, 0.3) is 10.8 Å². The number of pyridine rings is 1. The molecule has 1 saturated heterocycles. The zero-order chi connectivity index (χ0) is 27.1. The molecule has 2 heterocycles. The SMILES string of the molecule is CCCOC(=O)CN(Cc1ccc2c(N)nccc2c1)[C@H](CC1CCCCC1)C(=O)N1CCC[C@H]1C(N)=O. The molecule has 9 nitrogen and oxygen atoms in total. The van der Waals surface area contributed by atoms with Crippen LogP contribution in [-0.4, -0.2) is 64.3 Å². The van der Waals surface area contributed by atoms with Crippen LogP contribution in [0, 0.1) is 5.92 Å². The third kappa shape index (κ3) is 6.81. The molecule has 2 aromatic rings. The lowest BCUT2D eigenvalue weighted by Crippen LogP contribution is -2.54. The number of primary amides is 1. The van der Waals surface area contributed by atoms with Gasteiger partial charge in [0.05, 0.1) is 19.2 Å². The highest BCUT2D eigenvalue weighted by Gasteiger charge is 2.40. The summed E-state index contributed by atoms with van der Waals surface area (Å²) in [6.45, 7) is 3.18. The molecule has 2 aliphatic rings. The lowest BCUT2D eigenvalue weighted by atomic mass is 9.84. The number of carbonyl (C=O) groups excluding carboxylic acids is 3. The van der Waals surface area contributed by atoms with E-state index in [2.05, 4.69) is 4.98 Å². The van der Waals surface area contributed by atoms with Gasteiger partial charge in [-0.15, -0.1) is 0 Å². The minimum absolute atomic E-state index is 0.00523. The fourth-order valence-electron chi connectivity index (χ4n) is 5.95. The number of rotatable bonds is 11. The van der Waals surface area contributed by atoms with Crippen molar-refractivity contribution in [2.75, 3.05) is 25.4 Å². The first-order valence-electron chi connectivity index (χ1n) is 14.0. The van der Waals surface area contributed by atoms with Crippen LogP contribution < -0.4 is 11.5 Å². The van der Waals surface area contributed by atoms with Gasteiger partial charge in [-0.3, -0.25) is 19.3 Å². The van der Waals surface area contributed by atoms with E-state index in [4.69, 9.17) is 16.2 Å². The molecule has 2 amide bonds. The number of likely N-dealkylation sites (tertiary alicyclic amines) is 1. The molecular formula is C29H41N5O4. The number of esters is 1. The summed E-state index contributed by atoms with van der Waals surface area (Å²) in [5.41, 5.74) is 12.7. The molecule has 1 aromatic carbocycles. The fourth-order valence-corrected chi connectivity index (χ4v) is 5.95. The smallest absolute Gasteiger partial charge is 0.320 e. The van der Waals surface area contributed by atoms with Crippen molar-refractivity contribution in [2.45, 2.75) is 83.3 Å². The molecule has 9 heteroatoms. The van der Waals surface area contributed by atoms with E-state index < -0.39 is 18.0 Å². The molecule has 0 unspecified atom stereocenters. The van der Waals surface area contributed by atoms with E-state index in [0.29, 0.717) is 44.3 Å². The largest absolute Gasteiger partial charge is 0.465 e. The van der Waals surface area contributed by atoms with Gasteiger partial charge in [0.15, 0.2) is 0 Å². The summed E-state index contributed by atoms with van der Waals surface area (Å²) in [7, 11) is 0. The van der Waals surface area contributed by atoms with Gasteiger partial charge >= 0.3 is 5.97 Å². The van der Waals surface area contributed by atoms with Gasteiger partial charge in [-0.25, -0.2) is 4.98 Å². The standard InChI is InChI=1S/C29H41N5O4/c1-2-15-38-26(35)19-33(18-21-10-11-23-22(16-21)12-13-32-27(23)30)25(17-20-7-4-3-5-8-20)29(37)34-14-6-9-24(34)28(31)36/h10-13,16,20,24-25H,2-9,14-15,17-19H2,1H3,(H2,30,32)(H2,31,36)/t24-,25+/m0/s1. The first-order chi connectivity index (χ1) is 18.4. The number of nitrogens with zero attached hydrogens (tertiary/aromatic N) is 3. The summed E-state index contributed by atoms with van der Waals surface area (Å²) in [5.74, 6) is -0.0819. The second-order valence-electron chi connectivity index (χ2n) is 10.7. The Labute approximate surface area is 224 Å². The van der Waals surface area contributed by atoms with Gasteiger partial charge in [0.25, 0.3) is 0 Å². The maximum absolute atomic E-state index is 14.1. The normalized spacial score (nSPS) is 19.1. The van der Waals surface area contributed by atoms with Crippen LogP contribution in [-0.2, 0) is 25.7 Å². The second-order valence-corrected chi connectivity index (χ2v) is 10.7. The van der Waals surface area contributed by atoms with Crippen LogP contribution in [0.2, 0.25) is 0 Å². The Morgan fingerprint density at radius 3 is 2.66 bits per heavy atom. The minimum atomic E-state index is -0.596. The Hall–Kier alpha value is -3.20. The molecule has 38 heavy (non-hydrogen) atoms. The number of nitrogens with two attached hydrogens (primary N) is 2. The molecule has 0 bridgehead atoms. The third-order valence-corrected chi connectivity index (χ3v) is 7.92. The van der Waals surface area contributed by atoms with E-state index in [0.717, 1.165) is 54.9 Å². The highest BCUT2D eigenvalue weighted by molar-refractivity contribution is 5.91. The Kier molecular flexibility index (Phi) is 9.55. The van der Waals surface area contributed by atoms with E-state index in [1.807, 2.05) is 36.1 Å². The zero-order valence-electron chi connectivity index (χ0n) is 22.4. The summed E-state index contributed by atoms with van der Waals surface area (Å²) in [6.07, 6.45) is 10.0. The molecule has 2 atom stereocenters. The summed E-state index contributed by atoms with van der Waals surface area (Å²) in [6, 6.07) is 6.69. The van der Waals surface area contributed by atoms with E-state index >= 15 is 0 Å². The predicted molar refractivity (Wildman–Crippen MR) is 147 cm³/mol. The minimum Gasteiger partial charge on any atom is -0.465 e. The number of ether oxygens (including phenoxy) is 1. The van der Waals surface area contributed by atoms with Crippen molar-refractivity contribution in [1.82, 2.24) is 14.8 Å². The van der Waals surface area contributed by atoms with Gasteiger partial charge in [0.1, 0.15) is 11.9 Å². The van der Waals surface area contributed by atoms with Gasteiger partial charge in [-0.05, 0) is 54.7 Å². The number of fused-ring (bicyclic) bond motifs is 1. The van der Waals surface area contributed by atoms with Crippen LogP contribution >= 0.6 is 0 Å². The third-order valence-electron chi connectivity index (χ3n) is 7.92. The van der Waals surface area contributed by atoms with E-state index in [1.165, 1.54) is 6.42 Å². The van der Waals surface area contributed by atoms with Crippen LogP contribution in [0.5, 0.6) is 0 Å². The molecular weight excluding hydrogens is 482 g/mol. The quantitative estimate of drug-likeness (QED) is 0.432. The maximum atomic E-state index is 14.1. The van der Waals surface area contributed by atoms with Gasteiger partial charge in [0.2, 0.25) is 11.8 Å². The number of aromatic nitrogens is 1. The average molecular weight is 524 g/mol. The molecule has 2 fully saturated rings. The second kappa shape index (κ2) is 13.0. The highest BCUT2D eigenvalue weighted by atomic mass is 16.5. The fraction of sp³-hybridized carbons (Fsp3) is 0.586. The summed E-state index contributed by atoms with van der Waals surface area (Å²) >= 11 is 0. The average Bonchev–Trinajstić information content (AvgIpc) is 3.41. The van der Waals surface area contributed by atoms with Crippen LogP contribution in [0.15, 0.2) is 30.5 Å². The van der Waals surface area contributed by atoms with Crippen molar-refractivity contribution in [3.8, 4) is 0 Å². The topological polar surface area (TPSA) is 132 Å². The van der Waals surface area contributed by atoms with Crippen molar-refractivity contribution in [2.24, 2.45) is 11.7 Å². The molecule has 4 rings (SSSR count). The Morgan fingerprint density at radius 1 is 1.13 bits per heavy atom. The van der Waals surface area contributed by atoms with Crippen LogP contribution in [0.4, 0.5) is 5.82 Å². The summed E-state index contributed by atoms with van der Waals surface area (Å²) in [5, 5.41) is 1.81. The lowest BCUT2D eigenvalue weighted by molar-refractivity contribution is -0.149. The van der Waals surface area contributed by atoms with Crippen molar-refractivity contribution in [3.05, 3.63) is 36.0 Å². The first kappa shape index (κ1) is 27.8. The summed E-state index contributed by atoms with van der Waals surface area (Å²) in [4.78, 5) is 46.9. The number of hydrogen-bond donors (Lipinski definition) is 2. The Morgan fingerprint density at radius 2 is 1.92 bits per heavy atom. The molecule has 0 radical (unpaired) electrons. The van der Waals surface area contributed by atoms with E-state index in [1.54, 1.807) is 11.1 Å². The molecule has 206 valence electrons. The monoisotopic (exact) mass is 523 g/mol. The van der Waals surface area contributed by atoms with Crippen molar-refractivity contribution < 1.29 is 19.1 Å². The number of benzene rings is 1. The highest BCUT2D eigenvalue weighted by Crippen LogP contribution is 2.31. The number of anilines is 1. The van der Waals surface area contributed by atoms with E-state index in [-0.39, 0.29) is 18.4 Å². The molecule has 1 aromatic heterocycles. The van der Waals surface area contributed by atoms with Gasteiger partial charge in [-0.1, -0.05) is 51.2 Å².